The van der Waals surface area contributed by atoms with Crippen LogP contribution in [0, 0.1) is 42.7 Å². The van der Waals surface area contributed by atoms with E-state index in [1.807, 2.05) is 75.4 Å². The first-order chi connectivity index (χ1) is 34.2. The summed E-state index contributed by atoms with van der Waals surface area (Å²) in [4.78, 5) is 26.4. The molecular formula is C56H80N2O13SSi. The third-order valence-corrected chi connectivity index (χ3v) is 20.8. The van der Waals surface area contributed by atoms with E-state index in [2.05, 4.69) is 33.9 Å². The molecule has 4 aromatic rings. The largest absolute Gasteiger partial charge is 0.493 e. The Bertz CT molecular complexity index is 2600. The molecule has 8 atom stereocenters. The second-order valence-corrected chi connectivity index (χ2v) is 27.3. The van der Waals surface area contributed by atoms with Crippen LogP contribution in [0.15, 0.2) is 95.4 Å². The Balaban J connectivity index is 1.73. The van der Waals surface area contributed by atoms with Crippen molar-refractivity contribution < 1.29 is 56.1 Å². The highest BCUT2D eigenvalue weighted by Crippen LogP contribution is 2.46. The lowest BCUT2D eigenvalue weighted by Crippen LogP contribution is -2.50. The fourth-order valence-corrected chi connectivity index (χ4v) is 12.8. The van der Waals surface area contributed by atoms with Crippen molar-refractivity contribution in [3.8, 4) is 17.2 Å². The second-order valence-electron chi connectivity index (χ2n) is 20.7. The summed E-state index contributed by atoms with van der Waals surface area (Å²) in [7, 11) is 0.475. The van der Waals surface area contributed by atoms with Crippen molar-refractivity contribution >= 4 is 30.0 Å². The molecule has 0 aliphatic carbocycles. The lowest BCUT2D eigenvalue weighted by molar-refractivity contribution is -0.385. The number of sulfonamides is 1. The first kappa shape index (κ1) is 60.4. The standard InChI is InChI=1S/C56H80N2O13SSi/c1-35-28-39(5)54(40(6)29-35)72(63,64)57(34-42-24-20-18-21-25-42)41(7)50(43-26-22-19-23-27-43)70-55(60)53(69-15)48(59)37(3)32-38(4)49(71-73(16,17)56(8,9)10)46(65-11)31-36(2)30-44-51(67-13)45(58(61)62)33-47(66-12)52(44)68-14/h18-29,32-33,36,38,41,46,48-50,53,59H,30-31,34H2,1-17H3/b37-32+/t36-,38+,41+,46+,48+,49-,50+,53-/m1/s1. The number of benzene rings is 4. The maximum absolute atomic E-state index is 15.0. The van der Waals surface area contributed by atoms with Gasteiger partial charge in [-0.2, -0.15) is 4.31 Å². The number of esters is 1. The van der Waals surface area contributed by atoms with Gasteiger partial charge < -0.3 is 38.0 Å². The predicted octanol–water partition coefficient (Wildman–Crippen LogP) is 11.0. The first-order valence-electron chi connectivity index (χ1n) is 24.6. The summed E-state index contributed by atoms with van der Waals surface area (Å²) in [6, 6.07) is 22.2. The molecule has 1 N–H and O–H groups in total. The number of methoxy groups -OCH3 is 5. The number of hydrogen-bond acceptors (Lipinski definition) is 13. The number of ether oxygens (including phenoxy) is 6. The summed E-state index contributed by atoms with van der Waals surface area (Å²) in [5, 5.41) is 24.1. The van der Waals surface area contributed by atoms with Crippen molar-refractivity contribution in [2.75, 3.05) is 35.5 Å². The number of carbonyl (C=O) groups excluding carboxylic acids is 1. The van der Waals surface area contributed by atoms with Crippen LogP contribution in [0.1, 0.15) is 94.4 Å². The number of aliphatic hydroxyl groups excluding tert-OH is 1. The Labute approximate surface area is 435 Å². The summed E-state index contributed by atoms with van der Waals surface area (Å²) < 4.78 is 73.8. The number of nitro groups is 1. The highest BCUT2D eigenvalue weighted by atomic mass is 32.2. The molecule has 0 aliphatic rings. The molecular weight excluding hydrogens is 969 g/mol. The number of carbonyl (C=O) groups is 1. The van der Waals surface area contributed by atoms with E-state index < -0.39 is 71.7 Å². The molecule has 0 spiro atoms. The van der Waals surface area contributed by atoms with E-state index in [0.717, 1.165) is 11.1 Å². The van der Waals surface area contributed by atoms with Gasteiger partial charge in [-0.25, -0.2) is 13.2 Å². The lowest BCUT2D eigenvalue weighted by atomic mass is 9.88. The smallest absolute Gasteiger partial charge is 0.339 e. The van der Waals surface area contributed by atoms with E-state index in [0.29, 0.717) is 46.4 Å². The predicted molar refractivity (Wildman–Crippen MR) is 287 cm³/mol. The van der Waals surface area contributed by atoms with Gasteiger partial charge in [0, 0.05) is 32.2 Å². The van der Waals surface area contributed by atoms with Gasteiger partial charge in [-0.3, -0.25) is 10.1 Å². The van der Waals surface area contributed by atoms with Crippen molar-refractivity contribution in [2.45, 2.75) is 148 Å². The average Bonchev–Trinajstić information content (AvgIpc) is 3.32. The minimum atomic E-state index is -4.22. The molecule has 15 nitrogen and oxygen atoms in total. The van der Waals surface area contributed by atoms with E-state index in [9.17, 15) is 20.0 Å². The van der Waals surface area contributed by atoms with Gasteiger partial charge in [0.15, 0.2) is 25.9 Å². The lowest BCUT2D eigenvalue weighted by Gasteiger charge is -2.43. The fourth-order valence-electron chi connectivity index (χ4n) is 9.35. The molecule has 0 heterocycles. The fraction of sp³-hybridized carbons (Fsp3) is 0.518. The summed E-state index contributed by atoms with van der Waals surface area (Å²) in [6.07, 6.45) is -2.62. The van der Waals surface area contributed by atoms with Crippen molar-refractivity contribution in [2.24, 2.45) is 11.8 Å². The van der Waals surface area contributed by atoms with Crippen LogP contribution >= 0.6 is 0 Å². The molecule has 73 heavy (non-hydrogen) atoms. The molecule has 0 saturated carbocycles. The third kappa shape index (κ3) is 14.6. The maximum atomic E-state index is 15.0. The van der Waals surface area contributed by atoms with Crippen LogP contribution in [-0.4, -0.2) is 103 Å². The summed E-state index contributed by atoms with van der Waals surface area (Å²) in [6.45, 7) is 23.6. The number of rotatable bonds is 26. The molecule has 402 valence electrons. The Morgan fingerprint density at radius 2 is 1.41 bits per heavy atom. The molecule has 0 unspecified atom stereocenters. The van der Waals surface area contributed by atoms with Gasteiger partial charge in [0.25, 0.3) is 0 Å². The quantitative estimate of drug-likeness (QED) is 0.0206. The van der Waals surface area contributed by atoms with E-state index in [-0.39, 0.29) is 39.6 Å². The molecule has 0 radical (unpaired) electrons. The highest BCUT2D eigenvalue weighted by molar-refractivity contribution is 7.89. The zero-order valence-corrected chi connectivity index (χ0v) is 47.8. The maximum Gasteiger partial charge on any atom is 0.339 e. The molecule has 0 fully saturated rings. The molecule has 4 rings (SSSR count). The van der Waals surface area contributed by atoms with E-state index >= 15 is 8.42 Å². The van der Waals surface area contributed by atoms with Gasteiger partial charge in [0.2, 0.25) is 15.8 Å². The van der Waals surface area contributed by atoms with Crippen molar-refractivity contribution in [3.05, 3.63) is 134 Å². The Kier molecular flexibility index (Phi) is 21.4. The number of aliphatic hydroxyl groups is 1. The van der Waals surface area contributed by atoms with Crippen LogP contribution in [0.3, 0.4) is 0 Å². The summed E-state index contributed by atoms with van der Waals surface area (Å²) in [5.74, 6) is -0.841. The van der Waals surface area contributed by atoms with Crippen molar-refractivity contribution in [3.63, 3.8) is 0 Å². The number of aryl methyl sites for hydroxylation is 3. The monoisotopic (exact) mass is 1050 g/mol. The van der Waals surface area contributed by atoms with Crippen LogP contribution in [0.5, 0.6) is 17.2 Å². The van der Waals surface area contributed by atoms with Gasteiger partial charge in [-0.05, 0) is 99.3 Å². The van der Waals surface area contributed by atoms with E-state index in [1.54, 1.807) is 59.1 Å². The van der Waals surface area contributed by atoms with Gasteiger partial charge in [-0.15, -0.1) is 0 Å². The van der Waals surface area contributed by atoms with Crippen molar-refractivity contribution in [1.82, 2.24) is 4.31 Å². The molecule has 0 bridgehead atoms. The van der Waals surface area contributed by atoms with E-state index in [4.69, 9.17) is 32.8 Å². The molecule has 0 aromatic heterocycles. The zero-order chi connectivity index (χ0) is 54.7. The SMILES string of the molecule is COc1cc([N+](=O)[O-])c(OC)c(C[C@@H](C)C[C@H](OC)[C@H](O[Si](C)(C)C(C)(C)C)[C@@H](C)/C=C(\C)[C@H](O)[C@@H](OC)C(=O)O[C@H](c2ccccc2)[C@H](C)N(Cc2ccccc2)S(=O)(=O)c2c(C)cc(C)cc2C)c1OC. The second kappa shape index (κ2) is 25.9. The van der Waals surface area contributed by atoms with Crippen LogP contribution in [0.4, 0.5) is 5.69 Å². The average molecular weight is 1050 g/mol. The minimum absolute atomic E-state index is 0.0146. The van der Waals surface area contributed by atoms with Gasteiger partial charge in [-0.1, -0.05) is 119 Å². The molecule has 4 aromatic carbocycles. The Hall–Kier alpha value is -5.14. The van der Waals surface area contributed by atoms with Crippen molar-refractivity contribution in [1.29, 1.82) is 0 Å². The molecule has 0 saturated heterocycles. The Morgan fingerprint density at radius 3 is 1.90 bits per heavy atom. The number of nitro benzene ring substituents is 1. The normalized spacial score (nSPS) is 15.9. The molecule has 0 amide bonds. The molecule has 17 heteroatoms. The minimum Gasteiger partial charge on any atom is -0.493 e. The molecule has 0 aliphatic heterocycles. The first-order valence-corrected chi connectivity index (χ1v) is 29.0. The van der Waals surface area contributed by atoms with Crippen LogP contribution in [-0.2, 0) is 46.4 Å². The summed E-state index contributed by atoms with van der Waals surface area (Å²) >= 11 is 0. The summed E-state index contributed by atoms with van der Waals surface area (Å²) in [5.41, 5.74) is 4.06. The van der Waals surface area contributed by atoms with Gasteiger partial charge in [0.05, 0.1) is 55.5 Å². The topological polar surface area (TPSA) is 182 Å². The highest BCUT2D eigenvalue weighted by Gasteiger charge is 2.44. The van der Waals surface area contributed by atoms with Crippen LogP contribution in [0.25, 0.3) is 0 Å². The third-order valence-electron chi connectivity index (χ3n) is 14.1. The van der Waals surface area contributed by atoms with Gasteiger partial charge >= 0.3 is 11.7 Å². The number of hydrogen-bond donors (Lipinski definition) is 1. The van der Waals surface area contributed by atoms with Crippen LogP contribution in [0.2, 0.25) is 18.1 Å². The zero-order valence-electron chi connectivity index (χ0n) is 46.0. The Morgan fingerprint density at radius 1 is 0.849 bits per heavy atom. The van der Waals surface area contributed by atoms with Crippen LogP contribution < -0.4 is 14.2 Å². The number of nitrogens with zero attached hydrogens (tertiary/aromatic N) is 2. The van der Waals surface area contributed by atoms with Gasteiger partial charge in [0.1, 0.15) is 12.2 Å². The van der Waals surface area contributed by atoms with E-state index in [1.165, 1.54) is 38.8 Å².